The molecule has 2 aromatic carbocycles. The topological polar surface area (TPSA) is 110 Å². The summed E-state index contributed by atoms with van der Waals surface area (Å²) in [6, 6.07) is 13.6. The Labute approximate surface area is 182 Å². The van der Waals surface area contributed by atoms with Gasteiger partial charge in [-0.15, -0.1) is 0 Å². The molecule has 158 valence electrons. The zero-order valence-corrected chi connectivity index (χ0v) is 17.4. The number of nitro groups is 1. The maximum absolute atomic E-state index is 12.5. The Morgan fingerprint density at radius 3 is 2.58 bits per heavy atom. The molecule has 1 heterocycles. The van der Waals surface area contributed by atoms with Gasteiger partial charge in [0, 0.05) is 25.2 Å². The van der Waals surface area contributed by atoms with E-state index in [-0.39, 0.29) is 18.8 Å². The van der Waals surface area contributed by atoms with Crippen molar-refractivity contribution in [1.29, 1.82) is 0 Å². The molecule has 8 nitrogen and oxygen atoms in total. The van der Waals surface area contributed by atoms with E-state index in [9.17, 15) is 24.5 Å². The molecule has 1 N–H and O–H groups in total. The molecule has 2 aromatic rings. The molecule has 9 heteroatoms. The Hall–Kier alpha value is -3.72. The van der Waals surface area contributed by atoms with Crippen LogP contribution in [-0.4, -0.2) is 40.0 Å². The molecular formula is C22H19N3O5S. The van der Waals surface area contributed by atoms with Crippen molar-refractivity contribution >= 4 is 46.7 Å². The van der Waals surface area contributed by atoms with E-state index in [1.165, 1.54) is 24.3 Å². The number of rotatable bonds is 7. The molecular weight excluding hydrogens is 418 g/mol. The Morgan fingerprint density at radius 1 is 1.16 bits per heavy atom. The lowest BCUT2D eigenvalue weighted by Gasteiger charge is -2.12. The second-order valence-corrected chi connectivity index (χ2v) is 7.68. The zero-order chi connectivity index (χ0) is 22.4. The number of carbonyl (C=O) groups is 3. The fourth-order valence-electron chi connectivity index (χ4n) is 2.82. The molecule has 0 atom stereocenters. The van der Waals surface area contributed by atoms with E-state index in [1.807, 2.05) is 31.2 Å². The van der Waals surface area contributed by atoms with Crippen molar-refractivity contribution in [2.75, 3.05) is 13.1 Å². The summed E-state index contributed by atoms with van der Waals surface area (Å²) in [6.45, 7) is 2.05. The number of nitro benzene ring substituents is 1. The Kier molecular flexibility index (Phi) is 6.99. The van der Waals surface area contributed by atoms with Crippen LogP contribution in [0.1, 0.15) is 16.7 Å². The van der Waals surface area contributed by atoms with E-state index in [1.54, 1.807) is 18.2 Å². The number of carbonyl (C=O) groups excluding carboxylic acids is 3. The predicted octanol–water partition coefficient (Wildman–Crippen LogP) is 3.77. The molecule has 31 heavy (non-hydrogen) atoms. The van der Waals surface area contributed by atoms with Gasteiger partial charge in [0.25, 0.3) is 16.8 Å². The van der Waals surface area contributed by atoms with Crippen LogP contribution in [0.25, 0.3) is 12.2 Å². The summed E-state index contributed by atoms with van der Waals surface area (Å²) in [5, 5.41) is 13.2. The lowest BCUT2D eigenvalue weighted by Crippen LogP contribution is -2.36. The molecule has 3 rings (SSSR count). The van der Waals surface area contributed by atoms with Crippen molar-refractivity contribution in [3.8, 4) is 0 Å². The summed E-state index contributed by atoms with van der Waals surface area (Å²) in [5.41, 5.74) is 2.11. The first kappa shape index (κ1) is 22.0. The molecule has 0 bridgehead atoms. The van der Waals surface area contributed by atoms with Gasteiger partial charge in [0.05, 0.1) is 15.4 Å². The second kappa shape index (κ2) is 9.86. The lowest BCUT2D eigenvalue weighted by molar-refractivity contribution is -0.385. The fraction of sp³-hybridized carbons (Fsp3) is 0.136. The molecule has 0 aliphatic carbocycles. The van der Waals surface area contributed by atoms with Crippen LogP contribution in [0, 0.1) is 17.0 Å². The van der Waals surface area contributed by atoms with Crippen LogP contribution in [0.5, 0.6) is 0 Å². The number of nitrogens with zero attached hydrogens (tertiary/aromatic N) is 2. The highest BCUT2D eigenvalue weighted by Gasteiger charge is 2.34. The lowest BCUT2D eigenvalue weighted by atomic mass is 10.1. The van der Waals surface area contributed by atoms with Gasteiger partial charge in [0.2, 0.25) is 5.91 Å². The maximum atomic E-state index is 12.5. The number of hydrogen-bond acceptors (Lipinski definition) is 6. The quantitative estimate of drug-likeness (QED) is 0.401. The van der Waals surface area contributed by atoms with Crippen LogP contribution in [0.15, 0.2) is 59.5 Å². The van der Waals surface area contributed by atoms with Crippen molar-refractivity contribution in [2.24, 2.45) is 0 Å². The number of amides is 3. The zero-order valence-electron chi connectivity index (χ0n) is 16.6. The van der Waals surface area contributed by atoms with Crippen molar-refractivity contribution in [1.82, 2.24) is 10.2 Å². The number of imide groups is 1. The van der Waals surface area contributed by atoms with E-state index >= 15 is 0 Å². The highest BCUT2D eigenvalue weighted by molar-refractivity contribution is 8.18. The third-order valence-electron chi connectivity index (χ3n) is 4.43. The molecule has 1 aliphatic rings. The summed E-state index contributed by atoms with van der Waals surface area (Å²) in [6.07, 6.45) is 4.18. The van der Waals surface area contributed by atoms with Gasteiger partial charge < -0.3 is 5.32 Å². The van der Waals surface area contributed by atoms with Gasteiger partial charge in [-0.3, -0.25) is 29.4 Å². The van der Waals surface area contributed by atoms with Gasteiger partial charge in [0.15, 0.2) is 0 Å². The summed E-state index contributed by atoms with van der Waals surface area (Å²) in [5.74, 6) is -0.888. The minimum atomic E-state index is -0.526. The van der Waals surface area contributed by atoms with Crippen LogP contribution in [0.4, 0.5) is 10.5 Å². The van der Waals surface area contributed by atoms with Gasteiger partial charge in [-0.25, -0.2) is 0 Å². The predicted molar refractivity (Wildman–Crippen MR) is 119 cm³/mol. The summed E-state index contributed by atoms with van der Waals surface area (Å²) in [4.78, 5) is 48.5. The first-order valence-electron chi connectivity index (χ1n) is 9.36. The number of benzene rings is 2. The van der Waals surface area contributed by atoms with Crippen molar-refractivity contribution in [2.45, 2.75) is 6.92 Å². The monoisotopic (exact) mass is 437 g/mol. The number of hydrogen-bond donors (Lipinski definition) is 1. The minimum Gasteiger partial charge on any atom is -0.351 e. The summed E-state index contributed by atoms with van der Waals surface area (Å²) in [7, 11) is 0. The van der Waals surface area contributed by atoms with Crippen molar-refractivity contribution < 1.29 is 19.3 Å². The van der Waals surface area contributed by atoms with Crippen LogP contribution in [-0.2, 0) is 9.59 Å². The normalized spacial score (nSPS) is 15.1. The van der Waals surface area contributed by atoms with Gasteiger partial charge in [-0.1, -0.05) is 42.0 Å². The largest absolute Gasteiger partial charge is 0.351 e. The van der Waals surface area contributed by atoms with Crippen molar-refractivity contribution in [3.05, 3.63) is 86.3 Å². The van der Waals surface area contributed by atoms with Gasteiger partial charge in [-0.05, 0) is 42.5 Å². The molecule has 0 radical (unpaired) electrons. The van der Waals surface area contributed by atoms with E-state index in [4.69, 9.17) is 0 Å². The number of aryl methyl sites for hydroxylation is 1. The van der Waals surface area contributed by atoms with E-state index in [0.717, 1.165) is 27.8 Å². The van der Waals surface area contributed by atoms with Gasteiger partial charge in [-0.2, -0.15) is 0 Å². The third-order valence-corrected chi connectivity index (χ3v) is 5.34. The van der Waals surface area contributed by atoms with Crippen LogP contribution in [0.2, 0.25) is 0 Å². The van der Waals surface area contributed by atoms with Crippen molar-refractivity contribution in [3.63, 3.8) is 0 Å². The fourth-order valence-corrected chi connectivity index (χ4v) is 3.68. The highest BCUT2D eigenvalue weighted by atomic mass is 32.2. The molecule has 1 aliphatic heterocycles. The smallest absolute Gasteiger partial charge is 0.293 e. The number of nitrogens with one attached hydrogen (secondary N) is 1. The average molecular weight is 437 g/mol. The molecule has 0 aromatic heterocycles. The Morgan fingerprint density at radius 2 is 1.87 bits per heavy atom. The first-order valence-corrected chi connectivity index (χ1v) is 10.2. The van der Waals surface area contributed by atoms with Crippen LogP contribution >= 0.6 is 11.8 Å². The molecule has 0 saturated carbocycles. The van der Waals surface area contributed by atoms with Gasteiger partial charge >= 0.3 is 0 Å². The van der Waals surface area contributed by atoms with E-state index in [2.05, 4.69) is 5.32 Å². The van der Waals surface area contributed by atoms with E-state index in [0.29, 0.717) is 10.5 Å². The van der Waals surface area contributed by atoms with Crippen LogP contribution < -0.4 is 5.32 Å². The summed E-state index contributed by atoms with van der Waals surface area (Å²) >= 11 is 0.860. The second-order valence-electron chi connectivity index (χ2n) is 6.68. The number of para-hydroxylation sites is 1. The molecule has 1 saturated heterocycles. The highest BCUT2D eigenvalue weighted by Crippen LogP contribution is 2.31. The molecule has 3 amide bonds. The Bertz CT molecular complexity index is 1090. The first-order chi connectivity index (χ1) is 14.8. The summed E-state index contributed by atoms with van der Waals surface area (Å²) < 4.78 is 0. The SMILES string of the molecule is Cc1ccc(/C=C2\SC(=O)N(CCNC(=O)/C=C/c3ccccc3[N+](=O)[O-])C2=O)cc1. The maximum Gasteiger partial charge on any atom is 0.293 e. The molecule has 0 spiro atoms. The number of thioether (sulfide) groups is 1. The minimum absolute atomic E-state index is 0.0287. The molecule has 1 fully saturated rings. The molecule has 0 unspecified atom stereocenters. The van der Waals surface area contributed by atoms with Gasteiger partial charge in [0.1, 0.15) is 0 Å². The van der Waals surface area contributed by atoms with Crippen LogP contribution in [0.3, 0.4) is 0 Å². The standard InChI is InChI=1S/C22H19N3O5S/c1-15-6-8-16(9-7-15)14-19-21(27)24(22(28)31-19)13-12-23-20(26)11-10-17-4-2-3-5-18(17)25(29)30/h2-11,14H,12-13H2,1H3,(H,23,26)/b11-10+,19-14-. The third kappa shape index (κ3) is 5.67. The Balaban J connectivity index is 1.55. The average Bonchev–Trinajstić information content (AvgIpc) is 3.01. The van der Waals surface area contributed by atoms with E-state index < -0.39 is 22.0 Å².